The Labute approximate surface area is 608 Å². The first-order valence-corrected chi connectivity index (χ1v) is 38.3. The van der Waals surface area contributed by atoms with Crippen LogP contribution in [0.15, 0.2) is 186 Å². The average Bonchev–Trinajstić information content (AvgIpc) is 1.65. The lowest BCUT2D eigenvalue weighted by atomic mass is 9.98. The van der Waals surface area contributed by atoms with E-state index in [2.05, 4.69) is 29.6 Å². The number of hydrogen-bond acceptors (Lipinski definition) is 18. The average molecular weight is 1470 g/mol. The van der Waals surface area contributed by atoms with Crippen LogP contribution in [-0.4, -0.2) is 182 Å². The molecule has 3 saturated heterocycles. The number of para-hydroxylation sites is 2. The number of nitrogens with one attached hydrogen (secondary N) is 1. The maximum atomic E-state index is 13.9. The van der Waals surface area contributed by atoms with Gasteiger partial charge in [0.1, 0.15) is 30.2 Å². The summed E-state index contributed by atoms with van der Waals surface area (Å²) < 4.78 is 72.2. The number of hydrogen-bond donors (Lipinski definition) is 1. The Bertz CT molecular complexity index is 4630. The molecule has 1 N–H and O–H groups in total. The van der Waals surface area contributed by atoms with Crippen molar-refractivity contribution in [2.24, 2.45) is 17.8 Å². The zero-order valence-electron chi connectivity index (χ0n) is 58.6. The van der Waals surface area contributed by atoms with Crippen molar-refractivity contribution in [1.29, 1.82) is 0 Å². The molecule has 0 unspecified atom stereocenters. The van der Waals surface area contributed by atoms with Gasteiger partial charge < -0.3 is 34.2 Å². The smallest absolute Gasteiger partial charge is 0.328 e. The van der Waals surface area contributed by atoms with Crippen molar-refractivity contribution >= 4 is 99.4 Å². The minimum absolute atomic E-state index is 0.0318. The quantitative estimate of drug-likeness (QED) is 0.0254. The number of fused-ring (bicyclic) bond motifs is 3. The summed E-state index contributed by atoms with van der Waals surface area (Å²) in [6, 6.07) is 47.1. The number of carbonyl (C=O) groups excluding carboxylic acids is 6. The zero-order valence-corrected chi connectivity index (χ0v) is 60.2. The molecule has 8 aromatic rings. The van der Waals surface area contributed by atoms with E-state index in [0.717, 1.165) is 96.5 Å². The highest BCUT2D eigenvalue weighted by atomic mass is 32.2. The summed E-state index contributed by atoms with van der Waals surface area (Å²) in [6.07, 6.45) is 8.26. The molecule has 6 fully saturated rings. The fourth-order valence-electron chi connectivity index (χ4n) is 14.5. The first kappa shape index (κ1) is 74.7. The van der Waals surface area contributed by atoms with Crippen molar-refractivity contribution in [3.05, 3.63) is 213 Å². The molecule has 3 aliphatic heterocycles. The van der Waals surface area contributed by atoms with E-state index in [4.69, 9.17) is 14.2 Å². The van der Waals surface area contributed by atoms with E-state index < -0.39 is 105 Å². The van der Waals surface area contributed by atoms with Crippen molar-refractivity contribution < 1.29 is 69.7 Å². The third-order valence-corrected chi connectivity index (χ3v) is 24.5. The van der Waals surface area contributed by atoms with Gasteiger partial charge >= 0.3 is 17.9 Å². The number of carbonyl (C=O) groups is 6. The number of piperazine rings is 3. The zero-order chi connectivity index (χ0) is 74.3. The normalized spacial score (nSPS) is 19.7. The molecule has 105 heavy (non-hydrogen) atoms. The molecule has 0 bridgehead atoms. The van der Waals surface area contributed by atoms with Crippen LogP contribution in [0.3, 0.4) is 0 Å². The number of amides is 3. The topological polar surface area (TPSA) is 313 Å². The van der Waals surface area contributed by atoms with Crippen LogP contribution in [0.1, 0.15) is 74.5 Å². The highest BCUT2D eigenvalue weighted by Gasteiger charge is 2.51. The minimum atomic E-state index is -4.37. The van der Waals surface area contributed by atoms with Gasteiger partial charge in [-0.1, -0.05) is 190 Å². The molecule has 3 amide bonds. The number of ether oxygens (including phenoxy) is 3. The highest BCUT2D eigenvalue weighted by molar-refractivity contribution is 7.89. The van der Waals surface area contributed by atoms with E-state index in [1.165, 1.54) is 85.8 Å². The van der Waals surface area contributed by atoms with Crippen LogP contribution in [0.25, 0.3) is 32.3 Å². The number of rotatable bonds is 24. The molecule has 3 heterocycles. The Morgan fingerprint density at radius 3 is 1.08 bits per heavy atom. The van der Waals surface area contributed by atoms with E-state index in [1.807, 2.05) is 103 Å². The number of benzene rings is 8. The van der Waals surface area contributed by atoms with Crippen molar-refractivity contribution in [2.45, 2.75) is 123 Å². The molecule has 3 aliphatic carbocycles. The molecule has 3 saturated carbocycles. The molecule has 14 rings (SSSR count). The van der Waals surface area contributed by atoms with Crippen molar-refractivity contribution in [3.8, 4) is 0 Å². The lowest BCUT2D eigenvalue weighted by Crippen LogP contribution is -2.62. The molecule has 0 radical (unpaired) electrons. The third-order valence-electron chi connectivity index (χ3n) is 20.6. The summed E-state index contributed by atoms with van der Waals surface area (Å²) >= 11 is 0. The maximum Gasteiger partial charge on any atom is 0.328 e. The Kier molecular flexibility index (Phi) is 23.1. The second kappa shape index (κ2) is 32.5. The van der Waals surface area contributed by atoms with Crippen molar-refractivity contribution in [3.63, 3.8) is 0 Å². The lowest BCUT2D eigenvalue weighted by Gasteiger charge is -2.42. The van der Waals surface area contributed by atoms with Crippen LogP contribution >= 0.6 is 0 Å². The van der Waals surface area contributed by atoms with Crippen LogP contribution < -0.4 is 5.32 Å². The first-order valence-electron chi connectivity index (χ1n) is 35.4. The van der Waals surface area contributed by atoms with Crippen molar-refractivity contribution in [1.82, 2.24) is 28.6 Å². The van der Waals surface area contributed by atoms with Crippen LogP contribution in [0.2, 0.25) is 0 Å². The van der Waals surface area contributed by atoms with Crippen molar-refractivity contribution in [2.75, 3.05) is 60.6 Å². The first-order chi connectivity index (χ1) is 50.6. The molecule has 25 nitrogen and oxygen atoms in total. The van der Waals surface area contributed by atoms with Crippen LogP contribution in [0.5, 0.6) is 0 Å². The van der Waals surface area contributed by atoms with Crippen LogP contribution in [0, 0.1) is 38.0 Å². The Morgan fingerprint density at radius 1 is 0.429 bits per heavy atom. The number of nitro benzene ring substituents is 2. The van der Waals surface area contributed by atoms with Gasteiger partial charge in [0.2, 0.25) is 17.7 Å². The molecule has 27 heteroatoms. The minimum Gasteiger partial charge on any atom is -0.467 e. The second-order valence-corrected chi connectivity index (χ2v) is 31.3. The summed E-state index contributed by atoms with van der Waals surface area (Å²) in [4.78, 5) is 105. The monoisotopic (exact) mass is 1470 g/mol. The summed E-state index contributed by atoms with van der Waals surface area (Å²) in [5, 5.41) is 32.9. The van der Waals surface area contributed by atoms with E-state index in [9.17, 15) is 65.8 Å². The standard InChI is InChI=1S/2C28H29N3O7S.C22H26N2O3/c2*1-38-28(33)25(18-20-12-13-21-6-2-3-7-22(21)16-20)29-14-15-30(24(27(29)32)17-19-10-11-19)39(36,37)26-9-5-4-8-23(26)31(34)35;1-27-22(26)20(14-16-8-9-17-4-2-3-5-18(17)12-16)24-11-10-23-19(21(24)25)13-15-6-7-15/h2*2-9,12-13,16,19,24-25H,10-11,14-15,17-18H2,1H3;2-5,8-9,12,15,19-20,23H,6-7,10-11,13-14H2,1H3/t2*24-,25-;19-,20-/m000/s1. The number of esters is 3. The molecular weight excluding hydrogens is 1390 g/mol. The van der Waals surface area contributed by atoms with Gasteiger partial charge in [0.05, 0.1) is 37.2 Å². The highest BCUT2D eigenvalue weighted by Crippen LogP contribution is 2.41. The largest absolute Gasteiger partial charge is 0.467 e. The van der Waals surface area contributed by atoms with Gasteiger partial charge in [-0.25, -0.2) is 31.2 Å². The second-order valence-electron chi connectivity index (χ2n) is 27.6. The third kappa shape index (κ3) is 17.2. The van der Waals surface area contributed by atoms with Gasteiger partial charge in [-0.05, 0) is 98.2 Å². The fourth-order valence-corrected chi connectivity index (χ4v) is 18.0. The van der Waals surface area contributed by atoms with Gasteiger partial charge in [-0.3, -0.25) is 34.6 Å². The van der Waals surface area contributed by atoms with Gasteiger partial charge in [0.25, 0.3) is 31.4 Å². The predicted molar refractivity (Wildman–Crippen MR) is 391 cm³/mol. The molecule has 6 atom stereocenters. The summed E-state index contributed by atoms with van der Waals surface area (Å²) in [5.41, 5.74) is 1.63. The number of nitro groups is 2. The van der Waals surface area contributed by atoms with Gasteiger partial charge in [-0.15, -0.1) is 0 Å². The summed E-state index contributed by atoms with van der Waals surface area (Å²) in [5.74, 6) is -1.46. The van der Waals surface area contributed by atoms with Gasteiger partial charge in [-0.2, -0.15) is 8.61 Å². The fraction of sp³-hybridized carbons (Fsp3) is 0.385. The molecule has 0 aromatic heterocycles. The Balaban J connectivity index is 0.000000151. The summed E-state index contributed by atoms with van der Waals surface area (Å²) in [6.45, 7) is 0.966. The maximum absolute atomic E-state index is 13.9. The van der Waals surface area contributed by atoms with Gasteiger partial charge in [0.15, 0.2) is 9.79 Å². The molecule has 6 aliphatic rings. The number of nitrogens with zero attached hydrogens (tertiary/aromatic N) is 7. The Hall–Kier alpha value is -10.1. The number of sulfonamides is 2. The molecular formula is C78H84N8O17S2. The molecule has 0 spiro atoms. The van der Waals surface area contributed by atoms with E-state index in [0.29, 0.717) is 38.3 Å². The van der Waals surface area contributed by atoms with Crippen LogP contribution in [-0.2, 0) is 82.3 Å². The molecule has 8 aromatic carbocycles. The van der Waals surface area contributed by atoms with Gasteiger partial charge in [0, 0.05) is 70.7 Å². The Morgan fingerprint density at radius 2 is 0.743 bits per heavy atom. The lowest BCUT2D eigenvalue weighted by molar-refractivity contribution is -0.388. The van der Waals surface area contributed by atoms with E-state index in [1.54, 1.807) is 4.90 Å². The van der Waals surface area contributed by atoms with Crippen LogP contribution in [0.4, 0.5) is 11.4 Å². The SMILES string of the molecule is COC(=O)[C@H](Cc1ccc2ccccc2c1)N1CCN(S(=O)(=O)c2ccccc2[N+](=O)[O-])[C@@H](CC2CC2)C1=O.COC(=O)[C@H](Cc1ccc2ccccc2c1)N1CCN(S(=O)(=O)c2ccccc2[N+](=O)[O-])[C@@H](CC2CC2)C1=O.COC(=O)[C@H](Cc1ccc2ccccc2c1)N1CCN[C@@H](CC2CC2)C1=O. The predicted octanol–water partition coefficient (Wildman–Crippen LogP) is 9.59. The van der Waals surface area contributed by atoms with E-state index >= 15 is 0 Å². The summed E-state index contributed by atoms with van der Waals surface area (Å²) in [7, 11) is -4.82. The van der Waals surface area contributed by atoms with E-state index in [-0.39, 0.29) is 68.8 Å². The number of methoxy groups -OCH3 is 3. The molecule has 550 valence electrons.